The second-order valence-electron chi connectivity index (χ2n) is 5.03. The zero-order valence-corrected chi connectivity index (χ0v) is 11.3. The number of rotatable bonds is 2. The van der Waals surface area contributed by atoms with Crippen molar-refractivity contribution in [1.82, 2.24) is 9.80 Å². The highest BCUT2D eigenvalue weighted by Crippen LogP contribution is 2.23. The molecule has 0 radical (unpaired) electrons. The Hall–Kier alpha value is -1.16. The summed E-state index contributed by atoms with van der Waals surface area (Å²) in [6.07, 6.45) is 10.8. The second-order valence-corrected chi connectivity index (χ2v) is 5.03. The number of allylic oxidation sites excluding steroid dienone is 3. The van der Waals surface area contributed by atoms with Crippen molar-refractivity contribution >= 4 is 5.91 Å². The van der Waals surface area contributed by atoms with E-state index in [0.717, 1.165) is 44.5 Å². The molecule has 4 heteroatoms. The van der Waals surface area contributed by atoms with Crippen molar-refractivity contribution in [3.05, 3.63) is 23.9 Å². The fraction of sp³-hybridized carbons (Fsp3) is 0.643. The molecule has 2 rings (SSSR count). The monoisotopic (exact) mass is 254 g/mol. The number of hydrogen-bond donors (Lipinski definition) is 0. The zero-order valence-electron chi connectivity index (χ0n) is 11.3. The maximum absolute atomic E-state index is 11.9. The van der Waals surface area contributed by atoms with Gasteiger partial charge >= 0.3 is 0 Å². The summed E-state index contributed by atoms with van der Waals surface area (Å²) in [7, 11) is 2.15. The molecule has 1 fully saturated rings. The van der Waals surface area contributed by atoms with Gasteiger partial charge in [-0.25, -0.2) is 0 Å². The number of halogens is 1. The van der Waals surface area contributed by atoms with Gasteiger partial charge < -0.3 is 9.80 Å². The molecule has 1 aliphatic carbocycles. The van der Waals surface area contributed by atoms with E-state index in [1.165, 1.54) is 0 Å². The van der Waals surface area contributed by atoms with E-state index in [1.54, 1.807) is 6.92 Å². The summed E-state index contributed by atoms with van der Waals surface area (Å²) < 4.78 is 0. The summed E-state index contributed by atoms with van der Waals surface area (Å²) >= 11 is 0. The van der Waals surface area contributed by atoms with E-state index in [2.05, 4.69) is 30.2 Å². The Kier molecular flexibility index (Phi) is 5.54. The van der Waals surface area contributed by atoms with E-state index >= 15 is 0 Å². The molecule has 0 spiro atoms. The highest BCUT2D eigenvalue weighted by atomic mass is 19.0. The van der Waals surface area contributed by atoms with Crippen LogP contribution in [-0.4, -0.2) is 41.9 Å². The van der Waals surface area contributed by atoms with Gasteiger partial charge in [-0.15, -0.1) is 0 Å². The van der Waals surface area contributed by atoms with Crippen LogP contribution < -0.4 is 0 Å². The molecule has 0 unspecified atom stereocenters. The van der Waals surface area contributed by atoms with E-state index in [4.69, 9.17) is 0 Å². The number of hydrogen-bond acceptors (Lipinski definition) is 2. The third-order valence-electron chi connectivity index (χ3n) is 3.65. The van der Waals surface area contributed by atoms with Gasteiger partial charge in [0.25, 0.3) is 0 Å². The predicted octanol–water partition coefficient (Wildman–Crippen LogP) is 2.32. The van der Waals surface area contributed by atoms with E-state index < -0.39 is 0 Å². The minimum atomic E-state index is 0. The fourth-order valence-electron chi connectivity index (χ4n) is 2.68. The molecule has 102 valence electrons. The first-order valence-corrected chi connectivity index (χ1v) is 6.53. The lowest BCUT2D eigenvalue weighted by Crippen LogP contribution is -2.45. The molecule has 0 N–H and O–H groups in total. The molecule has 0 atom stereocenters. The van der Waals surface area contributed by atoms with Crippen molar-refractivity contribution in [1.29, 1.82) is 0 Å². The van der Waals surface area contributed by atoms with Crippen LogP contribution in [0.15, 0.2) is 23.9 Å². The standard InChI is InChI=1S/C14H22N2O.FH/c1-12(17)16(13-6-4-3-5-7-13)14-8-10-15(2)11-9-14;/h4,6-7,14H,3,5,8-11H2,1-2H3;1H. The lowest BCUT2D eigenvalue weighted by molar-refractivity contribution is -0.129. The van der Waals surface area contributed by atoms with Crippen molar-refractivity contribution < 1.29 is 9.50 Å². The van der Waals surface area contributed by atoms with Gasteiger partial charge in [0, 0.05) is 18.7 Å². The zero-order chi connectivity index (χ0) is 12.3. The van der Waals surface area contributed by atoms with Gasteiger partial charge in [0.15, 0.2) is 0 Å². The van der Waals surface area contributed by atoms with E-state index in [9.17, 15) is 4.79 Å². The first kappa shape index (κ1) is 14.9. The molecule has 0 saturated carbocycles. The molecule has 1 amide bonds. The number of carbonyl (C=O) groups excluding carboxylic acids is 1. The van der Waals surface area contributed by atoms with Crippen molar-refractivity contribution in [2.45, 2.75) is 38.6 Å². The van der Waals surface area contributed by atoms with Crippen molar-refractivity contribution in [2.24, 2.45) is 0 Å². The van der Waals surface area contributed by atoms with Crippen LogP contribution in [0.25, 0.3) is 0 Å². The average Bonchev–Trinajstić information content (AvgIpc) is 2.33. The Labute approximate surface area is 109 Å². The maximum Gasteiger partial charge on any atom is 0.224 e. The molecule has 0 bridgehead atoms. The van der Waals surface area contributed by atoms with Crippen LogP contribution in [0, 0.1) is 0 Å². The number of piperidine rings is 1. The Morgan fingerprint density at radius 3 is 2.50 bits per heavy atom. The van der Waals surface area contributed by atoms with Gasteiger partial charge in [0.05, 0.1) is 0 Å². The highest BCUT2D eigenvalue weighted by Gasteiger charge is 2.26. The Morgan fingerprint density at radius 2 is 2.00 bits per heavy atom. The fourth-order valence-corrected chi connectivity index (χ4v) is 2.68. The molecule has 1 heterocycles. The predicted molar refractivity (Wildman–Crippen MR) is 72.0 cm³/mol. The minimum Gasteiger partial charge on any atom is -0.310 e. The summed E-state index contributed by atoms with van der Waals surface area (Å²) in [6, 6.07) is 0.387. The summed E-state index contributed by atoms with van der Waals surface area (Å²) in [4.78, 5) is 16.2. The van der Waals surface area contributed by atoms with E-state index in [0.29, 0.717) is 6.04 Å². The van der Waals surface area contributed by atoms with E-state index in [-0.39, 0.29) is 10.6 Å². The van der Waals surface area contributed by atoms with Gasteiger partial charge in [-0.1, -0.05) is 12.2 Å². The van der Waals surface area contributed by atoms with E-state index in [1.807, 2.05) is 4.90 Å². The van der Waals surface area contributed by atoms with Crippen LogP contribution in [0.3, 0.4) is 0 Å². The molecule has 0 aromatic heterocycles. The lowest BCUT2D eigenvalue weighted by Gasteiger charge is -2.37. The molecule has 3 nitrogen and oxygen atoms in total. The largest absolute Gasteiger partial charge is 0.310 e. The first-order valence-electron chi connectivity index (χ1n) is 6.53. The molecule has 0 aromatic carbocycles. The van der Waals surface area contributed by atoms with Gasteiger partial charge in [-0.2, -0.15) is 0 Å². The summed E-state index contributed by atoms with van der Waals surface area (Å²) in [5, 5.41) is 0. The van der Waals surface area contributed by atoms with Crippen LogP contribution in [0.1, 0.15) is 32.6 Å². The van der Waals surface area contributed by atoms with Crippen molar-refractivity contribution in [3.63, 3.8) is 0 Å². The van der Waals surface area contributed by atoms with Gasteiger partial charge in [-0.05, 0) is 51.9 Å². The third kappa shape index (κ3) is 3.42. The third-order valence-corrected chi connectivity index (χ3v) is 3.65. The molecule has 0 aromatic rings. The Morgan fingerprint density at radius 1 is 1.33 bits per heavy atom. The first-order chi connectivity index (χ1) is 8.18. The topological polar surface area (TPSA) is 23.6 Å². The van der Waals surface area contributed by atoms with Crippen molar-refractivity contribution in [3.8, 4) is 0 Å². The number of nitrogens with zero attached hydrogens (tertiary/aromatic N) is 2. The summed E-state index contributed by atoms with van der Waals surface area (Å²) in [6.45, 7) is 3.86. The Balaban J connectivity index is 0.00000162. The molecular formula is C14H23FN2O. The molecule has 2 aliphatic rings. The van der Waals surface area contributed by atoms with Gasteiger partial charge in [0.2, 0.25) is 5.91 Å². The molecule has 18 heavy (non-hydrogen) atoms. The van der Waals surface area contributed by atoms with Crippen LogP contribution in [-0.2, 0) is 4.79 Å². The minimum absolute atomic E-state index is 0. The summed E-state index contributed by atoms with van der Waals surface area (Å²) in [5.41, 5.74) is 1.11. The highest BCUT2D eigenvalue weighted by molar-refractivity contribution is 5.76. The maximum atomic E-state index is 11.9. The molecule has 1 aliphatic heterocycles. The van der Waals surface area contributed by atoms with Crippen LogP contribution in [0.2, 0.25) is 0 Å². The van der Waals surface area contributed by atoms with Gasteiger partial charge in [-0.3, -0.25) is 9.50 Å². The number of amides is 1. The van der Waals surface area contributed by atoms with Crippen LogP contribution >= 0.6 is 0 Å². The molecular weight excluding hydrogens is 231 g/mol. The normalized spacial score (nSPS) is 21.1. The quantitative estimate of drug-likeness (QED) is 0.755. The number of carbonyl (C=O) groups is 1. The number of likely N-dealkylation sites (tertiary alicyclic amines) is 1. The summed E-state index contributed by atoms with van der Waals surface area (Å²) in [5.74, 6) is 0.178. The van der Waals surface area contributed by atoms with Crippen molar-refractivity contribution in [2.75, 3.05) is 20.1 Å². The Bertz CT molecular complexity index is 344. The smallest absolute Gasteiger partial charge is 0.224 e. The van der Waals surface area contributed by atoms with Crippen LogP contribution in [0.5, 0.6) is 0 Å². The van der Waals surface area contributed by atoms with Gasteiger partial charge in [0.1, 0.15) is 0 Å². The average molecular weight is 254 g/mol. The second kappa shape index (κ2) is 6.69. The SMILES string of the molecule is CC(=O)N(C1=CCCC=C1)C1CCN(C)CC1.F. The van der Waals surface area contributed by atoms with Crippen LogP contribution in [0.4, 0.5) is 4.70 Å². The lowest BCUT2D eigenvalue weighted by atomic mass is 10.0. The molecule has 1 saturated heterocycles.